The molecule has 20 heavy (non-hydrogen) atoms. The Bertz CT molecular complexity index is 593. The predicted molar refractivity (Wildman–Crippen MR) is 69.6 cm³/mol. The molecule has 0 aliphatic carbocycles. The highest BCUT2D eigenvalue weighted by Gasteiger charge is 2.19. The van der Waals surface area contributed by atoms with Crippen LogP contribution in [0.15, 0.2) is 29.0 Å². The first-order valence-electron chi connectivity index (χ1n) is 5.65. The molecule has 0 saturated heterocycles. The Morgan fingerprint density at radius 1 is 1.40 bits per heavy atom. The van der Waals surface area contributed by atoms with Gasteiger partial charge >= 0.3 is 0 Å². The second-order valence-corrected chi connectivity index (χ2v) is 4.84. The number of phenols is 1. The number of thiophene rings is 1. The van der Waals surface area contributed by atoms with Gasteiger partial charge in [0, 0.05) is 18.7 Å². The summed E-state index contributed by atoms with van der Waals surface area (Å²) in [7, 11) is 0. The molecule has 2 rings (SSSR count). The molecule has 0 radical (unpaired) electrons. The van der Waals surface area contributed by atoms with E-state index in [1.54, 1.807) is 16.8 Å². The molecule has 3 N–H and O–H groups in total. The Morgan fingerprint density at radius 2 is 2.15 bits per heavy atom. The van der Waals surface area contributed by atoms with Crippen LogP contribution in [0.1, 0.15) is 22.0 Å². The summed E-state index contributed by atoms with van der Waals surface area (Å²) < 4.78 is 26.2. The minimum absolute atomic E-state index is 0.147. The third-order valence-electron chi connectivity index (χ3n) is 2.65. The van der Waals surface area contributed by atoms with Crippen LogP contribution in [0, 0.1) is 11.6 Å². The Balaban J connectivity index is 2.06. The number of carbonyl (C=O) groups is 1. The van der Waals surface area contributed by atoms with Gasteiger partial charge in [-0.3, -0.25) is 4.79 Å². The van der Waals surface area contributed by atoms with E-state index in [4.69, 9.17) is 0 Å². The summed E-state index contributed by atoms with van der Waals surface area (Å²) in [6.45, 7) is -0.147. The van der Waals surface area contributed by atoms with E-state index in [0.29, 0.717) is 17.7 Å². The fraction of sp³-hybridized carbons (Fsp3) is 0.154. The fourth-order valence-electron chi connectivity index (χ4n) is 1.65. The molecule has 1 aromatic heterocycles. The molecule has 106 valence electrons. The first-order chi connectivity index (χ1) is 9.49. The number of phenolic OH excluding ortho intramolecular Hbond substituents is 1. The normalized spacial score (nSPS) is 12.2. The van der Waals surface area contributed by atoms with Gasteiger partial charge in [0.25, 0.3) is 5.91 Å². The Labute approximate surface area is 117 Å². The molecule has 1 aromatic carbocycles. The number of rotatable bonds is 4. The van der Waals surface area contributed by atoms with E-state index in [2.05, 4.69) is 5.32 Å². The van der Waals surface area contributed by atoms with Crippen molar-refractivity contribution in [1.82, 2.24) is 5.32 Å². The van der Waals surface area contributed by atoms with Gasteiger partial charge < -0.3 is 15.5 Å². The van der Waals surface area contributed by atoms with E-state index in [0.717, 1.165) is 0 Å². The number of carbonyl (C=O) groups excluding carboxylic acids is 1. The average Bonchev–Trinajstić information content (AvgIpc) is 2.88. The first kappa shape index (κ1) is 14.4. The summed E-state index contributed by atoms with van der Waals surface area (Å²) in [6.07, 6.45) is -0.934. The monoisotopic (exact) mass is 299 g/mol. The smallest absolute Gasteiger partial charge is 0.258 e. The third-order valence-corrected chi connectivity index (χ3v) is 3.35. The SMILES string of the molecule is O=C(NCC(O)c1ccsc1)c1c(O)cc(F)cc1F. The highest BCUT2D eigenvalue weighted by Crippen LogP contribution is 2.22. The van der Waals surface area contributed by atoms with Crippen molar-refractivity contribution in [2.45, 2.75) is 6.10 Å². The Kier molecular flexibility index (Phi) is 4.31. The van der Waals surface area contributed by atoms with Crippen molar-refractivity contribution in [1.29, 1.82) is 0 Å². The molecule has 1 amide bonds. The average molecular weight is 299 g/mol. The van der Waals surface area contributed by atoms with Crippen LogP contribution in [0.4, 0.5) is 8.78 Å². The maximum atomic E-state index is 13.4. The number of aliphatic hydroxyl groups is 1. The number of benzene rings is 1. The third kappa shape index (κ3) is 3.12. The minimum atomic E-state index is -1.16. The molecule has 1 atom stereocenters. The van der Waals surface area contributed by atoms with Gasteiger partial charge in [0.1, 0.15) is 22.9 Å². The largest absolute Gasteiger partial charge is 0.507 e. The molecular weight excluding hydrogens is 288 g/mol. The lowest BCUT2D eigenvalue weighted by Gasteiger charge is -2.11. The van der Waals surface area contributed by atoms with Gasteiger partial charge in [-0.15, -0.1) is 0 Å². The van der Waals surface area contributed by atoms with Crippen molar-refractivity contribution in [3.63, 3.8) is 0 Å². The van der Waals surface area contributed by atoms with E-state index in [9.17, 15) is 23.8 Å². The highest BCUT2D eigenvalue weighted by atomic mass is 32.1. The van der Waals surface area contributed by atoms with Gasteiger partial charge in [0.15, 0.2) is 0 Å². The van der Waals surface area contributed by atoms with Crippen molar-refractivity contribution in [2.75, 3.05) is 6.54 Å². The van der Waals surface area contributed by atoms with Crippen LogP contribution in [-0.4, -0.2) is 22.7 Å². The first-order valence-corrected chi connectivity index (χ1v) is 6.59. The van der Waals surface area contributed by atoms with Crippen LogP contribution < -0.4 is 5.32 Å². The van der Waals surface area contributed by atoms with Crippen LogP contribution >= 0.6 is 11.3 Å². The quantitative estimate of drug-likeness (QED) is 0.810. The lowest BCUT2D eigenvalue weighted by atomic mass is 10.1. The molecule has 0 spiro atoms. The fourth-order valence-corrected chi connectivity index (χ4v) is 2.35. The van der Waals surface area contributed by atoms with Gasteiger partial charge in [0.2, 0.25) is 0 Å². The van der Waals surface area contributed by atoms with E-state index in [-0.39, 0.29) is 6.54 Å². The van der Waals surface area contributed by atoms with Crippen LogP contribution in [0.3, 0.4) is 0 Å². The second kappa shape index (κ2) is 5.98. The van der Waals surface area contributed by atoms with E-state index >= 15 is 0 Å². The summed E-state index contributed by atoms with van der Waals surface area (Å²) in [6, 6.07) is 2.84. The summed E-state index contributed by atoms with van der Waals surface area (Å²) in [5, 5.41) is 24.9. The number of hydrogen-bond donors (Lipinski definition) is 3. The Hall–Kier alpha value is -1.99. The second-order valence-electron chi connectivity index (χ2n) is 4.06. The lowest BCUT2D eigenvalue weighted by molar-refractivity contribution is 0.0909. The summed E-state index contributed by atoms with van der Waals surface area (Å²) in [5.41, 5.74) is -0.0250. The number of hydrogen-bond acceptors (Lipinski definition) is 4. The summed E-state index contributed by atoms with van der Waals surface area (Å²) in [4.78, 5) is 11.7. The zero-order valence-corrected chi connectivity index (χ0v) is 11.0. The molecule has 1 unspecified atom stereocenters. The molecule has 0 fully saturated rings. The van der Waals surface area contributed by atoms with E-state index in [1.807, 2.05) is 0 Å². The number of amides is 1. The molecule has 7 heteroatoms. The molecule has 0 aliphatic rings. The van der Waals surface area contributed by atoms with Gasteiger partial charge in [-0.05, 0) is 22.4 Å². The minimum Gasteiger partial charge on any atom is -0.507 e. The molecule has 0 saturated carbocycles. The molecule has 1 heterocycles. The van der Waals surface area contributed by atoms with Gasteiger partial charge in [-0.25, -0.2) is 8.78 Å². The standard InChI is InChI=1S/C13H11F2NO3S/c14-8-3-9(15)12(10(17)4-8)13(19)16-5-11(18)7-1-2-20-6-7/h1-4,6,11,17-18H,5H2,(H,16,19). The van der Waals surface area contributed by atoms with Crippen molar-refractivity contribution in [2.24, 2.45) is 0 Å². The summed E-state index contributed by atoms with van der Waals surface area (Å²) >= 11 is 1.39. The molecular formula is C13H11F2NO3S. The van der Waals surface area contributed by atoms with E-state index < -0.39 is 35.0 Å². The topological polar surface area (TPSA) is 69.6 Å². The van der Waals surface area contributed by atoms with Crippen LogP contribution in [0.25, 0.3) is 0 Å². The van der Waals surface area contributed by atoms with Crippen LogP contribution in [0.2, 0.25) is 0 Å². The maximum Gasteiger partial charge on any atom is 0.258 e. The van der Waals surface area contributed by atoms with Crippen LogP contribution in [-0.2, 0) is 0 Å². The zero-order chi connectivity index (χ0) is 14.7. The molecule has 4 nitrogen and oxygen atoms in total. The Morgan fingerprint density at radius 3 is 2.75 bits per heavy atom. The van der Waals surface area contributed by atoms with Gasteiger partial charge in [-0.2, -0.15) is 11.3 Å². The molecule has 0 aliphatic heterocycles. The molecule has 0 bridgehead atoms. The number of aromatic hydroxyl groups is 1. The van der Waals surface area contributed by atoms with Crippen molar-refractivity contribution < 1.29 is 23.8 Å². The van der Waals surface area contributed by atoms with Crippen molar-refractivity contribution in [3.8, 4) is 5.75 Å². The van der Waals surface area contributed by atoms with Gasteiger partial charge in [0.05, 0.1) is 6.10 Å². The molecule has 2 aromatic rings. The lowest BCUT2D eigenvalue weighted by Crippen LogP contribution is -2.29. The predicted octanol–water partition coefficient (Wildman–Crippen LogP) is 2.20. The maximum absolute atomic E-state index is 13.4. The number of aliphatic hydroxyl groups excluding tert-OH is 1. The summed E-state index contributed by atoms with van der Waals surface area (Å²) in [5.74, 6) is -3.85. The van der Waals surface area contributed by atoms with Crippen molar-refractivity contribution >= 4 is 17.2 Å². The van der Waals surface area contributed by atoms with Crippen LogP contribution in [0.5, 0.6) is 5.75 Å². The van der Waals surface area contributed by atoms with Crippen molar-refractivity contribution in [3.05, 3.63) is 51.7 Å². The van der Waals surface area contributed by atoms with E-state index in [1.165, 1.54) is 11.3 Å². The highest BCUT2D eigenvalue weighted by molar-refractivity contribution is 7.07. The zero-order valence-electron chi connectivity index (χ0n) is 10.1. The number of halogens is 2. The number of nitrogens with one attached hydrogen (secondary N) is 1. The van der Waals surface area contributed by atoms with Gasteiger partial charge in [-0.1, -0.05) is 0 Å².